The lowest BCUT2D eigenvalue weighted by molar-refractivity contribution is -0.110. The van der Waals surface area contributed by atoms with Crippen LogP contribution in [0.15, 0.2) is 42.5 Å². The van der Waals surface area contributed by atoms with Crippen molar-refractivity contribution in [3.63, 3.8) is 0 Å². The van der Waals surface area contributed by atoms with Crippen molar-refractivity contribution in [1.82, 2.24) is 0 Å². The molecule has 4 heteroatoms. The van der Waals surface area contributed by atoms with Gasteiger partial charge in [0.15, 0.2) is 0 Å². The molecule has 0 atom stereocenters. The van der Waals surface area contributed by atoms with Gasteiger partial charge in [-0.3, -0.25) is 4.79 Å². The molecule has 1 heterocycles. The number of nitrogens with one attached hydrogen (secondary N) is 1. The first-order valence-electron chi connectivity index (χ1n) is 6.57. The van der Waals surface area contributed by atoms with Crippen molar-refractivity contribution in [3.05, 3.63) is 53.6 Å². The molecule has 0 bridgehead atoms. The molecular weight excluding hydrogens is 266 g/mol. The molecule has 1 N–H and O–H groups in total. The van der Waals surface area contributed by atoms with Gasteiger partial charge in [0.1, 0.15) is 11.5 Å². The fourth-order valence-corrected chi connectivity index (χ4v) is 2.38. The molecule has 0 aliphatic carbocycles. The molecule has 106 valence electrons. The Labute approximate surface area is 123 Å². The van der Waals surface area contributed by atoms with Gasteiger partial charge in [-0.05, 0) is 24.3 Å². The fourth-order valence-electron chi connectivity index (χ4n) is 2.38. The van der Waals surface area contributed by atoms with E-state index in [0.717, 1.165) is 16.8 Å². The van der Waals surface area contributed by atoms with E-state index in [-0.39, 0.29) is 5.91 Å². The molecule has 0 spiro atoms. The molecule has 1 amide bonds. The van der Waals surface area contributed by atoms with E-state index >= 15 is 0 Å². The van der Waals surface area contributed by atoms with Gasteiger partial charge in [-0.15, -0.1) is 0 Å². The molecule has 0 saturated heterocycles. The summed E-state index contributed by atoms with van der Waals surface area (Å²) < 4.78 is 10.5. The molecule has 0 radical (unpaired) electrons. The standard InChI is InChI=1S/C17H15NO3/c1-20-12-8-7-11(16(10-12)21-2)9-14-13-5-3-4-6-15(13)18-17(14)19/h3-10H,1-2H3,(H,18,19)/b14-9+. The third kappa shape index (κ3) is 2.36. The second kappa shape index (κ2) is 5.32. The van der Waals surface area contributed by atoms with Crippen LogP contribution in [0.4, 0.5) is 5.69 Å². The van der Waals surface area contributed by atoms with E-state index in [1.807, 2.05) is 42.5 Å². The average Bonchev–Trinajstić information content (AvgIpc) is 2.83. The summed E-state index contributed by atoms with van der Waals surface area (Å²) in [4.78, 5) is 12.1. The first-order valence-corrected chi connectivity index (χ1v) is 6.57. The van der Waals surface area contributed by atoms with Crippen molar-refractivity contribution in [2.24, 2.45) is 0 Å². The minimum atomic E-state index is -0.103. The predicted molar refractivity (Wildman–Crippen MR) is 82.5 cm³/mol. The highest BCUT2D eigenvalue weighted by molar-refractivity contribution is 6.35. The molecule has 2 aromatic rings. The number of benzene rings is 2. The molecule has 4 nitrogen and oxygen atoms in total. The van der Waals surface area contributed by atoms with Crippen molar-refractivity contribution in [3.8, 4) is 11.5 Å². The summed E-state index contributed by atoms with van der Waals surface area (Å²) in [5.41, 5.74) is 3.20. The van der Waals surface area contributed by atoms with E-state index in [2.05, 4.69) is 5.32 Å². The predicted octanol–water partition coefficient (Wildman–Crippen LogP) is 3.20. The fraction of sp³-hybridized carbons (Fsp3) is 0.118. The number of methoxy groups -OCH3 is 2. The lowest BCUT2D eigenvalue weighted by Crippen LogP contribution is -2.03. The zero-order chi connectivity index (χ0) is 14.8. The van der Waals surface area contributed by atoms with Gasteiger partial charge in [0, 0.05) is 28.5 Å². The third-order valence-electron chi connectivity index (χ3n) is 3.45. The largest absolute Gasteiger partial charge is 0.497 e. The SMILES string of the molecule is COc1ccc(/C=C2/C(=O)Nc3ccccc32)c(OC)c1. The van der Waals surface area contributed by atoms with Gasteiger partial charge in [0.25, 0.3) is 5.91 Å². The number of amides is 1. The first-order chi connectivity index (χ1) is 10.2. The van der Waals surface area contributed by atoms with Gasteiger partial charge in [-0.1, -0.05) is 18.2 Å². The zero-order valence-electron chi connectivity index (χ0n) is 11.8. The topological polar surface area (TPSA) is 47.6 Å². The average molecular weight is 281 g/mol. The quantitative estimate of drug-likeness (QED) is 0.879. The highest BCUT2D eigenvalue weighted by Gasteiger charge is 2.23. The second-order valence-electron chi connectivity index (χ2n) is 4.67. The highest BCUT2D eigenvalue weighted by Crippen LogP contribution is 2.35. The van der Waals surface area contributed by atoms with Crippen LogP contribution in [0.25, 0.3) is 11.6 Å². The van der Waals surface area contributed by atoms with Crippen LogP contribution in [-0.4, -0.2) is 20.1 Å². The lowest BCUT2D eigenvalue weighted by atomic mass is 10.0. The summed E-state index contributed by atoms with van der Waals surface area (Å²) in [6, 6.07) is 13.1. The smallest absolute Gasteiger partial charge is 0.256 e. The first kappa shape index (κ1) is 13.2. The minimum Gasteiger partial charge on any atom is -0.497 e. The highest BCUT2D eigenvalue weighted by atomic mass is 16.5. The Balaban J connectivity index is 2.08. The van der Waals surface area contributed by atoms with E-state index in [9.17, 15) is 4.79 Å². The molecule has 1 aliphatic heterocycles. The van der Waals surface area contributed by atoms with Crippen LogP contribution in [0.2, 0.25) is 0 Å². The van der Waals surface area contributed by atoms with Crippen LogP contribution < -0.4 is 14.8 Å². The monoisotopic (exact) mass is 281 g/mol. The maximum absolute atomic E-state index is 12.1. The van der Waals surface area contributed by atoms with Gasteiger partial charge in [0.05, 0.1) is 14.2 Å². The van der Waals surface area contributed by atoms with Crippen molar-refractivity contribution in [2.45, 2.75) is 0 Å². The van der Waals surface area contributed by atoms with Gasteiger partial charge < -0.3 is 14.8 Å². The number of anilines is 1. The molecule has 0 saturated carbocycles. The van der Waals surface area contributed by atoms with Crippen molar-refractivity contribution >= 4 is 23.2 Å². The molecule has 0 fully saturated rings. The van der Waals surface area contributed by atoms with Gasteiger partial charge in [-0.2, -0.15) is 0 Å². The van der Waals surface area contributed by atoms with Crippen LogP contribution in [0.3, 0.4) is 0 Å². The zero-order valence-corrected chi connectivity index (χ0v) is 11.8. The van der Waals surface area contributed by atoms with E-state index < -0.39 is 0 Å². The van der Waals surface area contributed by atoms with Gasteiger partial charge in [-0.25, -0.2) is 0 Å². The second-order valence-corrected chi connectivity index (χ2v) is 4.67. The number of rotatable bonds is 3. The van der Waals surface area contributed by atoms with E-state index in [1.54, 1.807) is 20.3 Å². The van der Waals surface area contributed by atoms with Crippen LogP contribution in [0.1, 0.15) is 11.1 Å². The maximum atomic E-state index is 12.1. The Kier molecular flexibility index (Phi) is 3.36. The van der Waals surface area contributed by atoms with Gasteiger partial charge >= 0.3 is 0 Å². The number of ether oxygens (including phenoxy) is 2. The number of hydrogen-bond donors (Lipinski definition) is 1. The van der Waals surface area contributed by atoms with Crippen LogP contribution in [0.5, 0.6) is 11.5 Å². The summed E-state index contributed by atoms with van der Waals surface area (Å²) >= 11 is 0. The van der Waals surface area contributed by atoms with Crippen molar-refractivity contribution < 1.29 is 14.3 Å². The van der Waals surface area contributed by atoms with Crippen LogP contribution in [0, 0.1) is 0 Å². The van der Waals surface area contributed by atoms with Crippen molar-refractivity contribution in [1.29, 1.82) is 0 Å². The molecule has 0 aromatic heterocycles. The molecule has 3 rings (SSSR count). The summed E-state index contributed by atoms with van der Waals surface area (Å²) in [7, 11) is 3.20. The molecular formula is C17H15NO3. The summed E-state index contributed by atoms with van der Waals surface area (Å²) in [6.45, 7) is 0. The van der Waals surface area contributed by atoms with Gasteiger partial charge in [0.2, 0.25) is 0 Å². The van der Waals surface area contributed by atoms with Crippen molar-refractivity contribution in [2.75, 3.05) is 19.5 Å². The Morgan fingerprint density at radius 1 is 1.05 bits per heavy atom. The number of hydrogen-bond acceptors (Lipinski definition) is 3. The number of para-hydroxylation sites is 1. The summed E-state index contributed by atoms with van der Waals surface area (Å²) in [5.74, 6) is 1.28. The molecule has 2 aromatic carbocycles. The Morgan fingerprint density at radius 3 is 2.62 bits per heavy atom. The Morgan fingerprint density at radius 2 is 1.86 bits per heavy atom. The van der Waals surface area contributed by atoms with E-state index in [1.165, 1.54) is 0 Å². The molecule has 1 aliphatic rings. The number of carbonyl (C=O) groups is 1. The van der Waals surface area contributed by atoms with Crippen LogP contribution >= 0.6 is 0 Å². The van der Waals surface area contributed by atoms with Crippen LogP contribution in [-0.2, 0) is 4.79 Å². The Bertz CT molecular complexity index is 735. The minimum absolute atomic E-state index is 0.103. The summed E-state index contributed by atoms with van der Waals surface area (Å²) in [6.07, 6.45) is 1.83. The number of fused-ring (bicyclic) bond motifs is 1. The molecule has 21 heavy (non-hydrogen) atoms. The maximum Gasteiger partial charge on any atom is 0.256 e. The normalized spacial score (nSPS) is 14.8. The van der Waals surface area contributed by atoms with E-state index in [0.29, 0.717) is 17.1 Å². The third-order valence-corrected chi connectivity index (χ3v) is 3.45. The lowest BCUT2D eigenvalue weighted by Gasteiger charge is -2.08. The summed E-state index contributed by atoms with van der Waals surface area (Å²) in [5, 5.41) is 2.86. The van der Waals surface area contributed by atoms with E-state index in [4.69, 9.17) is 9.47 Å². The Hall–Kier alpha value is -2.75. The molecule has 0 unspecified atom stereocenters. The number of carbonyl (C=O) groups excluding carboxylic acids is 1.